The SMILES string of the molecule is CCOC(CBr)O[C@@H]1CCC[C@@]23O[C@@H]2CC=C[C@]13C. The average molecular weight is 331 g/mol. The van der Waals surface area contributed by atoms with Crippen molar-refractivity contribution in [3.05, 3.63) is 12.2 Å². The Morgan fingerprint density at radius 2 is 2.37 bits per heavy atom. The lowest BCUT2D eigenvalue weighted by Crippen LogP contribution is -2.52. The van der Waals surface area contributed by atoms with Gasteiger partial charge in [-0.25, -0.2) is 0 Å². The Bertz CT molecular complexity index is 372. The molecule has 0 aromatic rings. The molecule has 0 aromatic carbocycles. The number of ether oxygens (including phenoxy) is 3. The molecule has 19 heavy (non-hydrogen) atoms. The second-order valence-corrected chi connectivity index (χ2v) is 6.62. The van der Waals surface area contributed by atoms with Crippen LogP contribution in [0.5, 0.6) is 0 Å². The van der Waals surface area contributed by atoms with Crippen LogP contribution in [0, 0.1) is 5.41 Å². The first-order chi connectivity index (χ1) is 9.16. The third-order valence-corrected chi connectivity index (χ3v) is 5.55. The van der Waals surface area contributed by atoms with Crippen LogP contribution in [0.1, 0.15) is 39.5 Å². The lowest BCUT2D eigenvalue weighted by molar-refractivity contribution is -0.193. The highest BCUT2D eigenvalue weighted by Gasteiger charge is 2.70. The van der Waals surface area contributed by atoms with Gasteiger partial charge in [-0.05, 0) is 32.6 Å². The van der Waals surface area contributed by atoms with Gasteiger partial charge >= 0.3 is 0 Å². The largest absolute Gasteiger partial charge is 0.365 e. The van der Waals surface area contributed by atoms with Gasteiger partial charge in [-0.3, -0.25) is 0 Å². The Balaban J connectivity index is 1.77. The van der Waals surface area contributed by atoms with E-state index in [0.717, 1.165) is 12.8 Å². The highest BCUT2D eigenvalue weighted by atomic mass is 79.9. The minimum Gasteiger partial charge on any atom is -0.365 e. The maximum Gasteiger partial charge on any atom is 0.167 e. The second kappa shape index (κ2) is 5.14. The Morgan fingerprint density at radius 3 is 3.11 bits per heavy atom. The van der Waals surface area contributed by atoms with Crippen LogP contribution in [0.15, 0.2) is 12.2 Å². The standard InChI is InChI=1S/C15H23BrO3/c1-3-17-13(10-16)18-11-6-5-9-15-12(19-15)7-4-8-14(11,15)2/h4,8,11-13H,3,5-7,9-10H2,1-2H3/t11-,12-,13?,14-,15-/m1/s1. The predicted octanol–water partition coefficient (Wildman–Crippen LogP) is 3.42. The van der Waals surface area contributed by atoms with Gasteiger partial charge in [0.1, 0.15) is 5.60 Å². The van der Waals surface area contributed by atoms with Gasteiger partial charge in [-0.2, -0.15) is 0 Å². The molecular formula is C15H23BrO3. The minimum atomic E-state index is -0.158. The van der Waals surface area contributed by atoms with Crippen LogP contribution in [0.4, 0.5) is 0 Å². The summed E-state index contributed by atoms with van der Waals surface area (Å²) >= 11 is 3.47. The maximum atomic E-state index is 6.25. The van der Waals surface area contributed by atoms with Gasteiger partial charge in [0.15, 0.2) is 6.29 Å². The molecule has 4 heteroatoms. The molecule has 1 aliphatic heterocycles. The maximum absolute atomic E-state index is 6.25. The van der Waals surface area contributed by atoms with Crippen molar-refractivity contribution in [3.63, 3.8) is 0 Å². The van der Waals surface area contributed by atoms with Gasteiger partial charge in [-0.1, -0.05) is 35.0 Å². The third kappa shape index (κ3) is 2.11. The van der Waals surface area contributed by atoms with Crippen LogP contribution in [-0.4, -0.2) is 36.0 Å². The van der Waals surface area contributed by atoms with E-state index in [1.807, 2.05) is 6.92 Å². The van der Waals surface area contributed by atoms with Crippen molar-refractivity contribution in [2.24, 2.45) is 5.41 Å². The van der Waals surface area contributed by atoms with Gasteiger partial charge in [-0.15, -0.1) is 0 Å². The summed E-state index contributed by atoms with van der Waals surface area (Å²) in [5.74, 6) is 0. The molecule has 0 aromatic heterocycles. The van der Waals surface area contributed by atoms with E-state index in [2.05, 4.69) is 35.0 Å². The minimum absolute atomic E-state index is 0.00564. The number of hydrogen-bond donors (Lipinski definition) is 0. The van der Waals surface area contributed by atoms with Gasteiger partial charge in [0, 0.05) is 12.0 Å². The quantitative estimate of drug-likeness (QED) is 0.335. The Morgan fingerprint density at radius 1 is 1.53 bits per heavy atom. The number of rotatable bonds is 5. The summed E-state index contributed by atoms with van der Waals surface area (Å²) in [6.07, 6.45) is 9.57. The van der Waals surface area contributed by atoms with Crippen molar-refractivity contribution >= 4 is 15.9 Å². The van der Waals surface area contributed by atoms with Gasteiger partial charge in [0.25, 0.3) is 0 Å². The molecule has 1 saturated carbocycles. The fourth-order valence-electron chi connectivity index (χ4n) is 3.93. The van der Waals surface area contributed by atoms with Crippen molar-refractivity contribution in [2.45, 2.75) is 63.6 Å². The van der Waals surface area contributed by atoms with E-state index in [1.54, 1.807) is 0 Å². The van der Waals surface area contributed by atoms with Crippen molar-refractivity contribution in [2.75, 3.05) is 11.9 Å². The van der Waals surface area contributed by atoms with Crippen LogP contribution in [0.3, 0.4) is 0 Å². The number of halogens is 1. The summed E-state index contributed by atoms with van der Waals surface area (Å²) in [6, 6.07) is 0. The molecule has 0 bridgehead atoms. The van der Waals surface area contributed by atoms with E-state index in [-0.39, 0.29) is 23.4 Å². The Labute approximate surface area is 123 Å². The van der Waals surface area contributed by atoms with Crippen LogP contribution in [-0.2, 0) is 14.2 Å². The van der Waals surface area contributed by atoms with E-state index in [1.165, 1.54) is 12.8 Å². The molecule has 3 rings (SSSR count). The molecule has 0 amide bonds. The topological polar surface area (TPSA) is 31.0 Å². The molecule has 2 aliphatic carbocycles. The van der Waals surface area contributed by atoms with Crippen molar-refractivity contribution in [1.82, 2.24) is 0 Å². The molecule has 5 atom stereocenters. The first-order valence-corrected chi connectivity index (χ1v) is 8.47. The summed E-state index contributed by atoms with van der Waals surface area (Å²) in [4.78, 5) is 0. The van der Waals surface area contributed by atoms with E-state index in [9.17, 15) is 0 Å². The predicted molar refractivity (Wildman–Crippen MR) is 77.4 cm³/mol. The molecule has 1 heterocycles. The number of alkyl halides is 1. The van der Waals surface area contributed by atoms with Gasteiger partial charge < -0.3 is 14.2 Å². The zero-order valence-corrected chi connectivity index (χ0v) is 13.3. The highest BCUT2D eigenvalue weighted by molar-refractivity contribution is 9.09. The van der Waals surface area contributed by atoms with E-state index in [0.29, 0.717) is 18.0 Å². The van der Waals surface area contributed by atoms with Crippen LogP contribution in [0.25, 0.3) is 0 Å². The van der Waals surface area contributed by atoms with Gasteiger partial charge in [0.05, 0.1) is 17.5 Å². The lowest BCUT2D eigenvalue weighted by Gasteiger charge is -2.46. The number of hydrogen-bond acceptors (Lipinski definition) is 3. The molecule has 0 radical (unpaired) electrons. The fraction of sp³-hybridized carbons (Fsp3) is 0.867. The molecule has 1 saturated heterocycles. The Kier molecular flexibility index (Phi) is 3.80. The summed E-state index contributed by atoms with van der Waals surface area (Å²) in [7, 11) is 0. The zero-order valence-electron chi connectivity index (χ0n) is 11.7. The second-order valence-electron chi connectivity index (χ2n) is 5.97. The molecule has 1 unspecified atom stereocenters. The molecule has 2 fully saturated rings. The summed E-state index contributed by atoms with van der Waals surface area (Å²) < 4.78 is 18.0. The summed E-state index contributed by atoms with van der Waals surface area (Å²) in [5.41, 5.74) is 0.0550. The average Bonchev–Trinajstić information content (AvgIpc) is 3.12. The van der Waals surface area contributed by atoms with E-state index >= 15 is 0 Å². The first kappa shape index (κ1) is 14.1. The normalized spacial score (nSPS) is 45.4. The van der Waals surface area contributed by atoms with Crippen molar-refractivity contribution in [1.29, 1.82) is 0 Å². The lowest BCUT2D eigenvalue weighted by atomic mass is 9.61. The van der Waals surface area contributed by atoms with Crippen LogP contribution in [0.2, 0.25) is 0 Å². The third-order valence-electron chi connectivity index (χ3n) is 5.02. The molecule has 0 N–H and O–H groups in total. The van der Waals surface area contributed by atoms with E-state index in [4.69, 9.17) is 14.2 Å². The smallest absolute Gasteiger partial charge is 0.167 e. The Hall–Kier alpha value is 0.100. The highest BCUT2D eigenvalue weighted by Crippen LogP contribution is 2.63. The first-order valence-electron chi connectivity index (χ1n) is 7.35. The van der Waals surface area contributed by atoms with Crippen molar-refractivity contribution in [3.8, 4) is 0 Å². The summed E-state index contributed by atoms with van der Waals surface area (Å²) in [6.45, 7) is 4.98. The molecule has 108 valence electrons. The van der Waals surface area contributed by atoms with Crippen LogP contribution < -0.4 is 0 Å². The summed E-state index contributed by atoms with van der Waals surface area (Å²) in [5, 5.41) is 0.717. The molecule has 3 nitrogen and oxygen atoms in total. The van der Waals surface area contributed by atoms with E-state index < -0.39 is 0 Å². The van der Waals surface area contributed by atoms with Crippen molar-refractivity contribution < 1.29 is 14.2 Å². The molecular weight excluding hydrogens is 308 g/mol. The zero-order chi connectivity index (χ0) is 13.5. The molecule has 1 spiro atoms. The molecule has 3 aliphatic rings. The van der Waals surface area contributed by atoms with Gasteiger partial charge in [0.2, 0.25) is 0 Å². The fourth-order valence-corrected chi connectivity index (χ4v) is 4.27. The number of epoxide rings is 1. The van der Waals surface area contributed by atoms with Crippen LogP contribution >= 0.6 is 15.9 Å². The monoisotopic (exact) mass is 330 g/mol.